The molecule has 5 nitrogen and oxygen atoms in total. The van der Waals surface area contributed by atoms with Gasteiger partial charge in [0.05, 0.1) is 25.3 Å². The predicted molar refractivity (Wildman–Crippen MR) is 89.0 cm³/mol. The van der Waals surface area contributed by atoms with Crippen LogP contribution in [0.3, 0.4) is 0 Å². The zero-order valence-corrected chi connectivity index (χ0v) is 14.1. The monoisotopic (exact) mass is 320 g/mol. The van der Waals surface area contributed by atoms with Gasteiger partial charge in [0.15, 0.2) is 0 Å². The van der Waals surface area contributed by atoms with Crippen molar-refractivity contribution in [1.82, 2.24) is 19.8 Å². The molecule has 2 aromatic rings. The third-order valence-corrected chi connectivity index (χ3v) is 5.10. The maximum Gasteiger partial charge on any atom is 0.122 e. The molecule has 0 amide bonds. The number of nitrogens with one attached hydrogen (secondary N) is 1. The summed E-state index contributed by atoms with van der Waals surface area (Å²) in [6, 6.07) is 4.78. The third-order valence-electron chi connectivity index (χ3n) is 4.13. The minimum absolute atomic E-state index is 0.311. The van der Waals surface area contributed by atoms with Crippen molar-refractivity contribution in [3.05, 3.63) is 40.6 Å². The summed E-state index contributed by atoms with van der Waals surface area (Å²) in [6.45, 7) is 6.69. The van der Waals surface area contributed by atoms with E-state index in [-0.39, 0.29) is 0 Å². The molecule has 6 heteroatoms. The number of thiophene rings is 1. The molecule has 2 atom stereocenters. The summed E-state index contributed by atoms with van der Waals surface area (Å²) in [4.78, 5) is 8.32. The van der Waals surface area contributed by atoms with Crippen molar-refractivity contribution >= 4 is 11.3 Å². The highest BCUT2D eigenvalue weighted by Gasteiger charge is 2.26. The number of hydrogen-bond donors (Lipinski definition) is 1. The molecule has 1 aliphatic rings. The molecule has 1 N–H and O–H groups in total. The standard InChI is InChI=1S/C16H24N4OS/c1-13-12-20(7-8-21-13)14(15-4-3-9-22-15)10-17-11-16-18-5-6-19(16)2/h3-6,9,13-14,17H,7-8,10-12H2,1-2H3. The van der Waals surface area contributed by atoms with Gasteiger partial charge in [-0.25, -0.2) is 4.98 Å². The maximum atomic E-state index is 5.68. The van der Waals surface area contributed by atoms with Crippen LogP contribution in [0.15, 0.2) is 29.9 Å². The maximum absolute atomic E-state index is 5.68. The molecule has 0 aromatic carbocycles. The topological polar surface area (TPSA) is 42.3 Å². The van der Waals surface area contributed by atoms with Gasteiger partial charge in [0.1, 0.15) is 5.82 Å². The molecule has 120 valence electrons. The molecule has 1 fully saturated rings. The molecule has 2 aromatic heterocycles. The van der Waals surface area contributed by atoms with Gasteiger partial charge < -0.3 is 14.6 Å². The van der Waals surface area contributed by atoms with Crippen molar-refractivity contribution in [3.8, 4) is 0 Å². The summed E-state index contributed by atoms with van der Waals surface area (Å²) in [7, 11) is 2.03. The fourth-order valence-electron chi connectivity index (χ4n) is 2.91. The molecule has 22 heavy (non-hydrogen) atoms. The van der Waals surface area contributed by atoms with Crippen LogP contribution in [0.25, 0.3) is 0 Å². The van der Waals surface area contributed by atoms with Crippen molar-refractivity contribution in [2.45, 2.75) is 25.6 Å². The lowest BCUT2D eigenvalue weighted by molar-refractivity contribution is -0.0340. The van der Waals surface area contributed by atoms with Crippen LogP contribution in [0.2, 0.25) is 0 Å². The Bertz CT molecular complexity index is 568. The summed E-state index contributed by atoms with van der Waals surface area (Å²) in [6.07, 6.45) is 4.14. The Kier molecular flexibility index (Phi) is 5.25. The van der Waals surface area contributed by atoms with E-state index in [0.717, 1.165) is 38.6 Å². The van der Waals surface area contributed by atoms with Gasteiger partial charge in [-0.15, -0.1) is 11.3 Å². The first-order valence-electron chi connectivity index (χ1n) is 7.80. The lowest BCUT2D eigenvalue weighted by Gasteiger charge is -2.37. The fourth-order valence-corrected chi connectivity index (χ4v) is 3.77. The Labute approximate surface area is 135 Å². The lowest BCUT2D eigenvalue weighted by Crippen LogP contribution is -2.45. The molecule has 0 aliphatic carbocycles. The van der Waals surface area contributed by atoms with Gasteiger partial charge in [-0.05, 0) is 18.4 Å². The van der Waals surface area contributed by atoms with Crippen molar-refractivity contribution < 1.29 is 4.74 Å². The summed E-state index contributed by atoms with van der Waals surface area (Å²) in [5.74, 6) is 1.07. The average molecular weight is 320 g/mol. The first-order chi connectivity index (χ1) is 10.7. The molecule has 1 saturated heterocycles. The molecule has 2 unspecified atom stereocenters. The number of morpholine rings is 1. The van der Waals surface area contributed by atoms with Crippen LogP contribution in [0, 0.1) is 0 Å². The van der Waals surface area contributed by atoms with Crippen LogP contribution in [-0.2, 0) is 18.3 Å². The van der Waals surface area contributed by atoms with Crippen molar-refractivity contribution in [1.29, 1.82) is 0 Å². The Hall–Kier alpha value is -1.21. The molecular formula is C16H24N4OS. The molecule has 3 heterocycles. The predicted octanol–water partition coefficient (Wildman–Crippen LogP) is 2.03. The first-order valence-corrected chi connectivity index (χ1v) is 8.68. The van der Waals surface area contributed by atoms with Crippen LogP contribution < -0.4 is 5.32 Å². The highest BCUT2D eigenvalue weighted by molar-refractivity contribution is 7.10. The van der Waals surface area contributed by atoms with Gasteiger partial charge in [0.25, 0.3) is 0 Å². The lowest BCUT2D eigenvalue weighted by atomic mass is 10.1. The van der Waals surface area contributed by atoms with Crippen LogP contribution in [0.4, 0.5) is 0 Å². The number of ether oxygens (including phenoxy) is 1. The van der Waals surface area contributed by atoms with Gasteiger partial charge in [0, 0.05) is 44.0 Å². The summed E-state index contributed by atoms with van der Waals surface area (Å²) in [5, 5.41) is 5.73. The zero-order valence-electron chi connectivity index (χ0n) is 13.2. The second-order valence-corrected chi connectivity index (χ2v) is 6.77. The number of aryl methyl sites for hydroxylation is 1. The first kappa shape index (κ1) is 15.7. The van der Waals surface area contributed by atoms with E-state index in [1.54, 1.807) is 0 Å². The largest absolute Gasteiger partial charge is 0.376 e. The summed E-state index contributed by atoms with van der Waals surface area (Å²) < 4.78 is 7.74. The number of nitrogens with zero attached hydrogens (tertiary/aromatic N) is 3. The number of rotatable bonds is 6. The highest BCUT2D eigenvalue weighted by Crippen LogP contribution is 2.26. The van der Waals surface area contributed by atoms with Gasteiger partial charge in [0.2, 0.25) is 0 Å². The van der Waals surface area contributed by atoms with Crippen LogP contribution in [-0.4, -0.2) is 46.8 Å². The van der Waals surface area contributed by atoms with Gasteiger partial charge in [-0.1, -0.05) is 6.07 Å². The Morgan fingerprint density at radius 2 is 2.45 bits per heavy atom. The Morgan fingerprint density at radius 3 is 3.14 bits per heavy atom. The minimum Gasteiger partial charge on any atom is -0.376 e. The molecular weight excluding hydrogens is 296 g/mol. The molecule has 0 radical (unpaired) electrons. The number of hydrogen-bond acceptors (Lipinski definition) is 5. The molecule has 0 saturated carbocycles. The van der Waals surface area contributed by atoms with E-state index >= 15 is 0 Å². The van der Waals surface area contributed by atoms with E-state index in [1.807, 2.05) is 30.8 Å². The van der Waals surface area contributed by atoms with Crippen LogP contribution in [0.1, 0.15) is 23.7 Å². The zero-order chi connectivity index (χ0) is 15.4. The van der Waals surface area contributed by atoms with Gasteiger partial charge in [-0.3, -0.25) is 4.90 Å². The molecule has 3 rings (SSSR count). The van der Waals surface area contributed by atoms with Crippen LogP contribution in [0.5, 0.6) is 0 Å². The SMILES string of the molecule is CC1CN(C(CNCc2nccn2C)c2cccs2)CCO1. The van der Waals surface area contributed by atoms with Crippen molar-refractivity contribution in [3.63, 3.8) is 0 Å². The Balaban J connectivity index is 1.63. The smallest absolute Gasteiger partial charge is 0.122 e. The second-order valence-electron chi connectivity index (χ2n) is 5.79. The van der Waals surface area contributed by atoms with Gasteiger partial charge in [-0.2, -0.15) is 0 Å². The van der Waals surface area contributed by atoms with Crippen molar-refractivity contribution in [2.24, 2.45) is 7.05 Å². The second kappa shape index (κ2) is 7.37. The van der Waals surface area contributed by atoms with Crippen LogP contribution >= 0.6 is 11.3 Å². The normalized spacial score (nSPS) is 21.1. The van der Waals surface area contributed by atoms with E-state index in [4.69, 9.17) is 4.74 Å². The quantitative estimate of drug-likeness (QED) is 0.884. The number of aromatic nitrogens is 2. The summed E-state index contributed by atoms with van der Waals surface area (Å²) in [5.41, 5.74) is 0. The van der Waals surface area contributed by atoms with Crippen molar-refractivity contribution in [2.75, 3.05) is 26.2 Å². The third kappa shape index (κ3) is 3.76. The van der Waals surface area contributed by atoms with E-state index in [0.29, 0.717) is 12.1 Å². The molecule has 0 bridgehead atoms. The number of imidazole rings is 1. The van der Waals surface area contributed by atoms with Gasteiger partial charge >= 0.3 is 0 Å². The fraction of sp³-hybridized carbons (Fsp3) is 0.562. The molecule has 1 aliphatic heterocycles. The van der Waals surface area contributed by atoms with E-state index < -0.39 is 0 Å². The van der Waals surface area contributed by atoms with E-state index in [1.165, 1.54) is 4.88 Å². The average Bonchev–Trinajstić information content (AvgIpc) is 3.16. The minimum atomic E-state index is 0.311. The van der Waals surface area contributed by atoms with E-state index in [2.05, 4.69) is 44.2 Å². The van der Waals surface area contributed by atoms with E-state index in [9.17, 15) is 0 Å². The summed E-state index contributed by atoms with van der Waals surface area (Å²) >= 11 is 1.83. The highest BCUT2D eigenvalue weighted by atomic mass is 32.1. The Morgan fingerprint density at radius 1 is 1.55 bits per heavy atom. The molecule has 0 spiro atoms.